The van der Waals surface area contributed by atoms with Gasteiger partial charge in [0.1, 0.15) is 0 Å². The lowest BCUT2D eigenvalue weighted by molar-refractivity contribution is 0.879. The molecule has 1 aliphatic heterocycles. The van der Waals surface area contributed by atoms with Crippen LogP contribution in [0, 0.1) is 0 Å². The predicted molar refractivity (Wildman–Crippen MR) is 63.1 cm³/mol. The molecule has 2 heteroatoms. The lowest BCUT2D eigenvalue weighted by Crippen LogP contribution is -1.99. The van der Waals surface area contributed by atoms with Gasteiger partial charge in [0, 0.05) is 0 Å². The van der Waals surface area contributed by atoms with E-state index in [-0.39, 0.29) is 0 Å². The van der Waals surface area contributed by atoms with Gasteiger partial charge in [0.25, 0.3) is 0 Å². The van der Waals surface area contributed by atoms with Crippen LogP contribution in [0.15, 0.2) is 11.3 Å². The summed E-state index contributed by atoms with van der Waals surface area (Å²) in [4.78, 5) is 0. The minimum Gasteiger partial charge on any atom is -0.122 e. The maximum atomic E-state index is 2.44. The molecule has 11 heavy (non-hydrogen) atoms. The van der Waals surface area contributed by atoms with E-state index in [0.717, 1.165) is 9.52 Å². The van der Waals surface area contributed by atoms with Crippen molar-refractivity contribution in [2.75, 3.05) is 4.43 Å². The standard InChI is InChI=1S/C9H15ISi/c1-2-3-8-11-9-4-6-10-7-5-9/h4,6H,2-3,5,7-8H2,1H3. The Balaban J connectivity index is 2.15. The molecule has 0 N–H and O–H groups in total. The maximum Gasteiger partial charge on any atom is 0.0750 e. The van der Waals surface area contributed by atoms with Gasteiger partial charge < -0.3 is 0 Å². The van der Waals surface area contributed by atoms with Crippen LogP contribution in [0.4, 0.5) is 0 Å². The van der Waals surface area contributed by atoms with E-state index in [4.69, 9.17) is 0 Å². The summed E-state index contributed by atoms with van der Waals surface area (Å²) < 4.78 is 3.94. The number of alkyl halides is 1. The summed E-state index contributed by atoms with van der Waals surface area (Å²) in [5, 5.41) is 1.74. The van der Waals surface area contributed by atoms with Crippen LogP contribution >= 0.6 is 20.7 Å². The van der Waals surface area contributed by atoms with Gasteiger partial charge >= 0.3 is 0 Å². The van der Waals surface area contributed by atoms with E-state index >= 15 is 0 Å². The van der Waals surface area contributed by atoms with Gasteiger partial charge in [-0.1, -0.05) is 37.1 Å². The van der Waals surface area contributed by atoms with E-state index in [2.05, 4.69) is 17.0 Å². The molecule has 0 aromatic rings. The number of hydrogen-bond acceptors (Lipinski definition) is 0. The van der Waals surface area contributed by atoms with Crippen molar-refractivity contribution in [3.05, 3.63) is 11.3 Å². The largest absolute Gasteiger partial charge is 0.122 e. The maximum absolute atomic E-state index is 2.44. The van der Waals surface area contributed by atoms with Crippen molar-refractivity contribution in [1.29, 1.82) is 0 Å². The molecule has 0 unspecified atom stereocenters. The minimum absolute atomic E-state index is 0.471. The highest BCUT2D eigenvalue weighted by atomic mass is 127. The Morgan fingerprint density at radius 3 is 3.18 bits per heavy atom. The summed E-state index contributed by atoms with van der Waals surface area (Å²) in [7, 11) is 1.14. The lowest BCUT2D eigenvalue weighted by atomic mass is 10.4. The summed E-state index contributed by atoms with van der Waals surface area (Å²) in [5.41, 5.74) is 0. The molecule has 0 amide bonds. The van der Waals surface area contributed by atoms with Crippen molar-refractivity contribution in [2.45, 2.75) is 32.2 Å². The van der Waals surface area contributed by atoms with E-state index < -0.39 is 0 Å². The Labute approximate surface area is 82.0 Å². The first kappa shape index (κ1) is 9.64. The normalized spacial score (nSPS) is 17.4. The molecule has 0 nitrogen and oxygen atoms in total. The molecular formula is C9H15ISi. The average Bonchev–Trinajstić information content (AvgIpc) is 2.07. The highest BCUT2D eigenvalue weighted by Gasteiger charge is 1.99. The van der Waals surface area contributed by atoms with Gasteiger partial charge in [-0.15, -0.1) is 20.7 Å². The van der Waals surface area contributed by atoms with Crippen LogP contribution in [0.5, 0.6) is 0 Å². The average molecular weight is 278 g/mol. The van der Waals surface area contributed by atoms with Crippen LogP contribution in [0.25, 0.3) is 0 Å². The predicted octanol–water partition coefficient (Wildman–Crippen LogP) is 2.97. The molecule has 0 bridgehead atoms. The summed E-state index contributed by atoms with van der Waals surface area (Å²) in [5.74, 6) is 0. The Kier molecular flexibility index (Phi) is 5.36. The number of unbranched alkanes of at least 4 members (excludes halogenated alkanes) is 1. The van der Waals surface area contributed by atoms with E-state index in [9.17, 15) is 0 Å². The van der Waals surface area contributed by atoms with Crippen LogP contribution in [0.2, 0.25) is 6.04 Å². The van der Waals surface area contributed by atoms with Crippen molar-refractivity contribution in [3.63, 3.8) is 0 Å². The molecular weight excluding hydrogens is 263 g/mol. The molecule has 2 radical (unpaired) electrons. The molecule has 0 spiro atoms. The van der Waals surface area contributed by atoms with Crippen LogP contribution in [0.1, 0.15) is 26.2 Å². The van der Waals surface area contributed by atoms with Gasteiger partial charge in [0.2, 0.25) is 0 Å². The molecule has 0 aromatic carbocycles. The second kappa shape index (κ2) is 6.12. The second-order valence-electron chi connectivity index (χ2n) is 2.69. The monoisotopic (exact) mass is 278 g/mol. The second-order valence-corrected chi connectivity index (χ2v) is 6.87. The highest BCUT2D eigenvalue weighted by molar-refractivity contribution is 14.2. The first-order chi connectivity index (χ1) is 5.43. The molecule has 0 saturated carbocycles. The van der Waals surface area contributed by atoms with Gasteiger partial charge in [0.15, 0.2) is 0 Å². The van der Waals surface area contributed by atoms with Crippen LogP contribution < -0.4 is 0 Å². The first-order valence-corrected chi connectivity index (χ1v) is 8.25. The fraction of sp³-hybridized carbons (Fsp3) is 0.667. The zero-order valence-electron chi connectivity index (χ0n) is 7.07. The number of hydrogen-bond donors (Lipinski definition) is 0. The summed E-state index contributed by atoms with van der Waals surface area (Å²) in [6.07, 6.45) is 6.61. The highest BCUT2D eigenvalue weighted by Crippen LogP contribution is 2.13. The smallest absolute Gasteiger partial charge is 0.0750 e. The van der Waals surface area contributed by atoms with Crippen molar-refractivity contribution >= 4 is 34.3 Å². The molecule has 1 heterocycles. The third-order valence-electron chi connectivity index (χ3n) is 1.71. The third-order valence-corrected chi connectivity index (χ3v) is 5.21. The van der Waals surface area contributed by atoms with Gasteiger partial charge in [-0.25, -0.2) is 0 Å². The molecule has 0 aliphatic carbocycles. The number of allylic oxidation sites excluding steroid dienone is 2. The lowest BCUT2D eigenvalue weighted by Gasteiger charge is -2.06. The van der Waals surface area contributed by atoms with Gasteiger partial charge in [-0.2, -0.15) is 0 Å². The van der Waals surface area contributed by atoms with Crippen LogP contribution in [0.3, 0.4) is 0 Å². The molecule has 1 rings (SSSR count). The van der Waals surface area contributed by atoms with E-state index in [1.54, 1.807) is 5.20 Å². The summed E-state index contributed by atoms with van der Waals surface area (Å²) in [6.45, 7) is 2.28. The summed E-state index contributed by atoms with van der Waals surface area (Å²) in [6, 6.07) is 1.44. The first-order valence-electron chi connectivity index (χ1n) is 4.27. The van der Waals surface area contributed by atoms with Gasteiger partial charge in [-0.05, 0) is 14.9 Å². The Hall–Kier alpha value is 0.557. The Bertz CT molecular complexity index is 161. The number of halogens is 1. The quantitative estimate of drug-likeness (QED) is 0.321. The molecule has 1 aliphatic rings. The summed E-state index contributed by atoms with van der Waals surface area (Å²) >= 11 is 0.471. The van der Waals surface area contributed by atoms with E-state index in [0.29, 0.717) is 20.7 Å². The zero-order chi connectivity index (χ0) is 7.94. The fourth-order valence-electron chi connectivity index (χ4n) is 0.996. The van der Waals surface area contributed by atoms with Crippen molar-refractivity contribution in [3.8, 4) is 0 Å². The molecule has 0 saturated heterocycles. The van der Waals surface area contributed by atoms with Crippen LogP contribution in [-0.4, -0.2) is 18.0 Å². The third kappa shape index (κ3) is 4.21. The Morgan fingerprint density at radius 2 is 2.55 bits per heavy atom. The van der Waals surface area contributed by atoms with E-state index in [1.807, 2.05) is 0 Å². The van der Waals surface area contributed by atoms with Gasteiger partial charge in [0.05, 0.1) is 9.52 Å². The molecule has 0 atom stereocenters. The molecule has 0 aromatic heterocycles. The van der Waals surface area contributed by atoms with Crippen molar-refractivity contribution in [2.24, 2.45) is 0 Å². The Morgan fingerprint density at radius 1 is 1.64 bits per heavy atom. The zero-order valence-corrected chi connectivity index (χ0v) is 10.2. The van der Waals surface area contributed by atoms with Crippen LogP contribution in [-0.2, 0) is 0 Å². The van der Waals surface area contributed by atoms with Crippen molar-refractivity contribution < 1.29 is 0 Å². The fourth-order valence-corrected chi connectivity index (χ4v) is 5.14. The topological polar surface area (TPSA) is 0 Å². The SMILES string of the molecule is CCCC[Si]C1=CC=ICC1. The van der Waals surface area contributed by atoms with Gasteiger partial charge in [-0.3, -0.25) is 0 Å². The van der Waals surface area contributed by atoms with Crippen molar-refractivity contribution in [1.82, 2.24) is 0 Å². The molecule has 0 fully saturated rings. The molecule has 62 valence electrons. The minimum atomic E-state index is 0.471. The van der Waals surface area contributed by atoms with E-state index in [1.165, 1.54) is 29.7 Å². The number of rotatable bonds is 4.